The third-order valence-electron chi connectivity index (χ3n) is 7.42. The van der Waals surface area contributed by atoms with Crippen molar-refractivity contribution in [3.05, 3.63) is 64.8 Å². The number of aryl methyl sites for hydroxylation is 3. The number of ether oxygens (including phenoxy) is 1. The Balaban J connectivity index is 1.65. The fourth-order valence-electron chi connectivity index (χ4n) is 5.23. The van der Waals surface area contributed by atoms with Gasteiger partial charge in [-0.15, -0.1) is 0 Å². The van der Waals surface area contributed by atoms with Gasteiger partial charge in [-0.2, -0.15) is 13.2 Å². The normalized spacial score (nSPS) is 14.7. The Morgan fingerprint density at radius 1 is 0.944 bits per heavy atom. The predicted octanol–water partition coefficient (Wildman–Crippen LogP) is 8.39. The van der Waals surface area contributed by atoms with Crippen molar-refractivity contribution in [2.75, 3.05) is 0 Å². The van der Waals surface area contributed by atoms with Crippen LogP contribution in [0.5, 0.6) is 11.5 Å². The zero-order chi connectivity index (χ0) is 27.5. The number of aromatic nitrogens is 1. The molecule has 0 fully saturated rings. The SMILES string of the molecule is [2H]C([2H])(c1ccc2c(c1)oc1c3cc[n+](C)c4c3c(cc21)Oc1c(C)cc(C)c(C)c1-4)C(C)(C)C(F)(F)F. The summed E-state index contributed by atoms with van der Waals surface area (Å²) in [6.07, 6.45) is -5.43. The maximum atomic E-state index is 13.7. The van der Waals surface area contributed by atoms with Gasteiger partial charge in [0.25, 0.3) is 0 Å². The first kappa shape index (κ1) is 20.6. The fourth-order valence-corrected chi connectivity index (χ4v) is 5.23. The Morgan fingerprint density at radius 3 is 2.42 bits per heavy atom. The van der Waals surface area contributed by atoms with Gasteiger partial charge in [-0.3, -0.25) is 0 Å². The molecule has 36 heavy (non-hydrogen) atoms. The van der Waals surface area contributed by atoms with Crippen molar-refractivity contribution in [1.82, 2.24) is 0 Å². The van der Waals surface area contributed by atoms with E-state index in [-0.39, 0.29) is 5.56 Å². The molecule has 6 heteroatoms. The molecule has 2 aromatic heterocycles. The second-order valence-corrected chi connectivity index (χ2v) is 10.3. The highest BCUT2D eigenvalue weighted by atomic mass is 19.4. The summed E-state index contributed by atoms with van der Waals surface area (Å²) in [5.74, 6) is 1.48. The van der Waals surface area contributed by atoms with Crippen molar-refractivity contribution in [3.8, 4) is 22.8 Å². The summed E-state index contributed by atoms with van der Waals surface area (Å²) in [6, 6.07) is 10.4. The highest BCUT2D eigenvalue weighted by molar-refractivity contribution is 6.19. The molecular formula is C30H27F3NO2+. The van der Waals surface area contributed by atoms with E-state index in [0.29, 0.717) is 22.3 Å². The fraction of sp³-hybridized carbons (Fsp3) is 0.300. The predicted molar refractivity (Wildman–Crippen MR) is 136 cm³/mol. The van der Waals surface area contributed by atoms with Crippen LogP contribution < -0.4 is 9.30 Å². The summed E-state index contributed by atoms with van der Waals surface area (Å²) in [4.78, 5) is 0. The quantitative estimate of drug-likeness (QED) is 0.227. The lowest BCUT2D eigenvalue weighted by atomic mass is 9.85. The van der Waals surface area contributed by atoms with Crippen LogP contribution in [0.3, 0.4) is 0 Å². The second kappa shape index (κ2) is 7.25. The van der Waals surface area contributed by atoms with Crippen molar-refractivity contribution < 1.29 is 29.6 Å². The summed E-state index contributed by atoms with van der Waals surface area (Å²) in [7, 11) is 1.99. The van der Waals surface area contributed by atoms with E-state index < -0.39 is 18.0 Å². The molecule has 3 nitrogen and oxygen atoms in total. The van der Waals surface area contributed by atoms with Crippen LogP contribution in [0.15, 0.2) is 47.0 Å². The second-order valence-electron chi connectivity index (χ2n) is 10.3. The summed E-state index contributed by atoms with van der Waals surface area (Å²) in [6.45, 7) is 7.95. The number of halogens is 3. The van der Waals surface area contributed by atoms with E-state index >= 15 is 0 Å². The van der Waals surface area contributed by atoms with Crippen LogP contribution in [-0.2, 0) is 13.4 Å². The van der Waals surface area contributed by atoms with Crippen LogP contribution in [0, 0.1) is 26.2 Å². The van der Waals surface area contributed by atoms with Crippen LogP contribution in [0.25, 0.3) is 44.0 Å². The van der Waals surface area contributed by atoms with Gasteiger partial charge in [0, 0.05) is 25.0 Å². The molecule has 1 aliphatic rings. The molecule has 0 aliphatic carbocycles. The Morgan fingerprint density at radius 2 is 1.69 bits per heavy atom. The number of hydrogen-bond acceptors (Lipinski definition) is 2. The first-order chi connectivity index (χ1) is 17.6. The molecule has 0 atom stereocenters. The van der Waals surface area contributed by atoms with Gasteiger partial charge < -0.3 is 9.15 Å². The van der Waals surface area contributed by atoms with Gasteiger partial charge in [0.1, 0.15) is 35.1 Å². The number of benzene rings is 3. The molecule has 0 unspecified atom stereocenters. The van der Waals surface area contributed by atoms with Crippen molar-refractivity contribution in [3.63, 3.8) is 0 Å². The maximum absolute atomic E-state index is 13.7. The van der Waals surface area contributed by atoms with Gasteiger partial charge in [-0.05, 0) is 61.5 Å². The Bertz CT molecular complexity index is 1830. The summed E-state index contributed by atoms with van der Waals surface area (Å²) >= 11 is 0. The molecule has 5 aromatic rings. The minimum absolute atomic E-state index is 0.0855. The number of furan rings is 1. The van der Waals surface area contributed by atoms with Crippen LogP contribution in [0.4, 0.5) is 13.2 Å². The molecule has 0 spiro atoms. The van der Waals surface area contributed by atoms with E-state index in [4.69, 9.17) is 11.9 Å². The minimum atomic E-state index is -4.73. The summed E-state index contributed by atoms with van der Waals surface area (Å²) in [5.41, 5.74) is 3.59. The lowest BCUT2D eigenvalue weighted by Crippen LogP contribution is -2.34. The number of rotatable bonds is 2. The smallest absolute Gasteiger partial charge is 0.394 e. The first-order valence-corrected chi connectivity index (χ1v) is 11.8. The van der Waals surface area contributed by atoms with Gasteiger partial charge >= 0.3 is 6.18 Å². The summed E-state index contributed by atoms with van der Waals surface area (Å²) < 4.78 is 72.9. The third kappa shape index (κ3) is 3.09. The van der Waals surface area contributed by atoms with Gasteiger partial charge in [0.15, 0.2) is 6.20 Å². The molecule has 0 radical (unpaired) electrons. The molecule has 0 saturated carbocycles. The molecule has 3 heterocycles. The van der Waals surface area contributed by atoms with E-state index in [2.05, 4.69) is 24.5 Å². The topological polar surface area (TPSA) is 26.2 Å². The van der Waals surface area contributed by atoms with E-state index in [0.717, 1.165) is 58.1 Å². The van der Waals surface area contributed by atoms with Crippen LogP contribution in [0.1, 0.15) is 38.8 Å². The third-order valence-corrected chi connectivity index (χ3v) is 7.42. The van der Waals surface area contributed by atoms with Gasteiger partial charge in [0.05, 0.1) is 11.0 Å². The molecule has 0 N–H and O–H groups in total. The molecule has 0 bridgehead atoms. The maximum Gasteiger partial charge on any atom is 0.394 e. The lowest BCUT2D eigenvalue weighted by molar-refractivity contribution is -0.659. The first-order valence-electron chi connectivity index (χ1n) is 12.8. The number of hydrogen-bond donors (Lipinski definition) is 0. The van der Waals surface area contributed by atoms with Gasteiger partial charge in [-0.1, -0.05) is 32.0 Å². The number of fused-ring (bicyclic) bond motifs is 6. The number of alkyl halides is 3. The van der Waals surface area contributed by atoms with Crippen LogP contribution >= 0.6 is 0 Å². The molecule has 1 aliphatic heterocycles. The molecular weight excluding hydrogens is 463 g/mol. The average Bonchev–Trinajstić information content (AvgIpc) is 3.20. The standard InChI is InChI=1S/C30H27F3NO2/c1-15-11-16(2)27-24(17(15)3)26-25-20(9-10-34(26)6)28-21(13-23(25)36-27)19-8-7-18(12-22(19)35-28)14-29(4,5)30(31,32)33/h7-13H,14H2,1-6H3/q+1/i14D2. The minimum Gasteiger partial charge on any atom is -0.455 e. The zero-order valence-electron chi connectivity index (χ0n) is 22.9. The molecule has 0 saturated heterocycles. The Hall–Kier alpha value is -3.54. The average molecular weight is 493 g/mol. The van der Waals surface area contributed by atoms with Crippen molar-refractivity contribution in [1.29, 1.82) is 0 Å². The summed E-state index contributed by atoms with van der Waals surface area (Å²) in [5, 5.41) is 3.17. The highest BCUT2D eigenvalue weighted by Crippen LogP contribution is 2.51. The largest absolute Gasteiger partial charge is 0.455 e. The van der Waals surface area contributed by atoms with E-state index in [1.807, 2.05) is 32.3 Å². The van der Waals surface area contributed by atoms with Gasteiger partial charge in [-0.25, -0.2) is 4.57 Å². The van der Waals surface area contributed by atoms with E-state index in [1.165, 1.54) is 17.7 Å². The molecule has 3 aromatic carbocycles. The van der Waals surface area contributed by atoms with Crippen LogP contribution in [-0.4, -0.2) is 6.18 Å². The van der Waals surface area contributed by atoms with Gasteiger partial charge in [0.2, 0.25) is 5.69 Å². The van der Waals surface area contributed by atoms with E-state index in [9.17, 15) is 13.2 Å². The number of pyridine rings is 1. The van der Waals surface area contributed by atoms with Crippen LogP contribution in [0.2, 0.25) is 0 Å². The monoisotopic (exact) mass is 492 g/mol. The molecule has 184 valence electrons. The molecule has 6 rings (SSSR count). The van der Waals surface area contributed by atoms with Crippen molar-refractivity contribution >= 4 is 32.7 Å². The zero-order valence-corrected chi connectivity index (χ0v) is 20.9. The molecule has 0 amide bonds. The highest BCUT2D eigenvalue weighted by Gasteiger charge is 2.47. The Labute approximate surface area is 209 Å². The van der Waals surface area contributed by atoms with Crippen molar-refractivity contribution in [2.45, 2.75) is 47.2 Å². The Kier molecular flexibility index (Phi) is 4.15. The van der Waals surface area contributed by atoms with E-state index in [1.54, 1.807) is 6.07 Å². The number of nitrogens with zero attached hydrogens (tertiary/aromatic N) is 1. The van der Waals surface area contributed by atoms with Crippen molar-refractivity contribution in [2.24, 2.45) is 12.5 Å². The lowest BCUT2D eigenvalue weighted by Gasteiger charge is -2.27.